The maximum Gasteiger partial charge on any atom is 0.265 e. The number of amides is 1. The van der Waals surface area contributed by atoms with Crippen LogP contribution >= 0.6 is 11.3 Å². The number of nitrogens with one attached hydrogen (secondary N) is 1. The number of aryl methyl sites for hydroxylation is 2. The highest BCUT2D eigenvalue weighted by atomic mass is 32.2. The lowest BCUT2D eigenvalue weighted by Gasteiger charge is -2.16. The zero-order chi connectivity index (χ0) is 18.0. The van der Waals surface area contributed by atoms with E-state index in [-0.39, 0.29) is 10.8 Å². The van der Waals surface area contributed by atoms with Crippen molar-refractivity contribution in [3.8, 4) is 0 Å². The van der Waals surface area contributed by atoms with Gasteiger partial charge in [0, 0.05) is 23.7 Å². The van der Waals surface area contributed by atoms with Crippen LogP contribution in [0.25, 0.3) is 0 Å². The smallest absolute Gasteiger partial charge is 0.265 e. The Bertz CT molecular complexity index is 881. The Hall–Kier alpha value is -1.70. The van der Waals surface area contributed by atoms with Crippen LogP contribution < -0.4 is 5.32 Å². The molecular formula is C18H22N2O3S2. The minimum Gasteiger partial charge on any atom is -0.321 e. The van der Waals surface area contributed by atoms with Crippen molar-refractivity contribution >= 4 is 33.0 Å². The lowest BCUT2D eigenvalue weighted by Crippen LogP contribution is -2.27. The van der Waals surface area contributed by atoms with Gasteiger partial charge in [-0.3, -0.25) is 4.79 Å². The second kappa shape index (κ2) is 7.27. The van der Waals surface area contributed by atoms with Crippen LogP contribution in [0.4, 0.5) is 5.69 Å². The first-order valence-corrected chi connectivity index (χ1v) is 10.7. The van der Waals surface area contributed by atoms with Gasteiger partial charge in [-0.2, -0.15) is 4.31 Å². The largest absolute Gasteiger partial charge is 0.321 e. The molecule has 7 heteroatoms. The molecule has 1 saturated heterocycles. The van der Waals surface area contributed by atoms with Crippen LogP contribution in [-0.4, -0.2) is 31.7 Å². The van der Waals surface area contributed by atoms with Crippen LogP contribution in [0.2, 0.25) is 0 Å². The van der Waals surface area contributed by atoms with Gasteiger partial charge < -0.3 is 5.32 Å². The Labute approximate surface area is 152 Å². The predicted molar refractivity (Wildman–Crippen MR) is 101 cm³/mol. The molecule has 0 unspecified atom stereocenters. The molecule has 1 aliphatic rings. The van der Waals surface area contributed by atoms with Crippen molar-refractivity contribution in [1.82, 2.24) is 4.31 Å². The number of carbonyl (C=O) groups excluding carboxylic acids is 1. The number of benzene rings is 1. The molecule has 134 valence electrons. The molecule has 0 radical (unpaired) electrons. The van der Waals surface area contributed by atoms with Crippen LogP contribution in [0.15, 0.2) is 35.2 Å². The van der Waals surface area contributed by atoms with E-state index in [1.54, 1.807) is 18.2 Å². The average Bonchev–Trinajstić information content (AvgIpc) is 3.25. The number of anilines is 1. The lowest BCUT2D eigenvalue weighted by atomic mass is 10.2. The van der Waals surface area contributed by atoms with E-state index in [2.05, 4.69) is 12.2 Å². The first kappa shape index (κ1) is 18.1. The molecule has 3 rings (SSSR count). The second-order valence-electron chi connectivity index (χ2n) is 6.14. The number of nitrogens with zero attached hydrogens (tertiary/aromatic N) is 1. The fraction of sp³-hybridized carbons (Fsp3) is 0.389. The van der Waals surface area contributed by atoms with Gasteiger partial charge in [-0.15, -0.1) is 11.3 Å². The maximum absolute atomic E-state index is 12.6. The van der Waals surface area contributed by atoms with Crippen LogP contribution in [0, 0.1) is 6.92 Å². The second-order valence-corrected chi connectivity index (χ2v) is 9.33. The molecule has 25 heavy (non-hydrogen) atoms. The van der Waals surface area contributed by atoms with Gasteiger partial charge in [0.1, 0.15) is 0 Å². The highest BCUT2D eigenvalue weighted by Crippen LogP contribution is 2.25. The van der Waals surface area contributed by atoms with E-state index in [0.717, 1.165) is 24.1 Å². The zero-order valence-electron chi connectivity index (χ0n) is 14.4. The molecule has 0 atom stereocenters. The van der Waals surface area contributed by atoms with Crippen LogP contribution in [-0.2, 0) is 16.4 Å². The van der Waals surface area contributed by atoms with Gasteiger partial charge in [-0.25, -0.2) is 8.42 Å². The van der Waals surface area contributed by atoms with E-state index >= 15 is 0 Å². The number of hydrogen-bond donors (Lipinski definition) is 1. The summed E-state index contributed by atoms with van der Waals surface area (Å²) < 4.78 is 26.8. The minimum atomic E-state index is -3.48. The summed E-state index contributed by atoms with van der Waals surface area (Å²) >= 11 is 1.46. The van der Waals surface area contributed by atoms with E-state index in [9.17, 15) is 13.2 Å². The number of hydrogen-bond acceptors (Lipinski definition) is 4. The normalized spacial score (nSPS) is 15.4. The summed E-state index contributed by atoms with van der Waals surface area (Å²) in [7, 11) is -3.48. The first-order chi connectivity index (χ1) is 11.9. The topological polar surface area (TPSA) is 66.5 Å². The zero-order valence-corrected chi connectivity index (χ0v) is 16.0. The molecule has 0 spiro atoms. The van der Waals surface area contributed by atoms with Gasteiger partial charge in [0.2, 0.25) is 10.0 Å². The van der Waals surface area contributed by atoms with Crippen molar-refractivity contribution in [3.05, 3.63) is 45.6 Å². The van der Waals surface area contributed by atoms with E-state index in [1.165, 1.54) is 27.3 Å². The van der Waals surface area contributed by atoms with Crippen LogP contribution in [0.1, 0.15) is 39.9 Å². The third-order valence-electron chi connectivity index (χ3n) is 4.42. The standard InChI is InChI=1S/C18H22N2O3S2/c1-3-14-11-17(24-13(14)2)18(21)19-15-7-6-8-16(12-15)25(22,23)20-9-4-5-10-20/h6-8,11-12H,3-5,9-10H2,1-2H3,(H,19,21). The Morgan fingerprint density at radius 3 is 2.60 bits per heavy atom. The maximum atomic E-state index is 12.6. The van der Waals surface area contributed by atoms with E-state index in [0.29, 0.717) is 23.7 Å². The van der Waals surface area contributed by atoms with Crippen molar-refractivity contribution in [2.45, 2.75) is 38.0 Å². The Morgan fingerprint density at radius 2 is 1.96 bits per heavy atom. The first-order valence-electron chi connectivity index (χ1n) is 8.42. The summed E-state index contributed by atoms with van der Waals surface area (Å²) in [5.74, 6) is -0.205. The van der Waals surface area contributed by atoms with Crippen LogP contribution in [0.3, 0.4) is 0 Å². The molecule has 0 saturated carbocycles. The molecule has 5 nitrogen and oxygen atoms in total. The van der Waals surface area contributed by atoms with Crippen molar-refractivity contribution in [1.29, 1.82) is 0 Å². The Balaban J connectivity index is 1.80. The number of rotatable bonds is 5. The molecule has 1 aromatic carbocycles. The van der Waals surface area contributed by atoms with Gasteiger partial charge in [-0.05, 0) is 56.0 Å². The fourth-order valence-electron chi connectivity index (χ4n) is 2.99. The van der Waals surface area contributed by atoms with Crippen molar-refractivity contribution in [2.75, 3.05) is 18.4 Å². The number of thiophene rings is 1. The molecule has 1 aromatic heterocycles. The SMILES string of the molecule is CCc1cc(C(=O)Nc2cccc(S(=O)(=O)N3CCCC3)c2)sc1C. The van der Waals surface area contributed by atoms with Gasteiger partial charge in [0.25, 0.3) is 5.91 Å². The molecule has 2 heterocycles. The number of carbonyl (C=O) groups is 1. The summed E-state index contributed by atoms with van der Waals surface area (Å²) in [6.45, 7) is 5.19. The van der Waals surface area contributed by atoms with Crippen molar-refractivity contribution < 1.29 is 13.2 Å². The molecule has 2 aromatic rings. The third-order valence-corrected chi connectivity index (χ3v) is 7.41. The molecule has 0 bridgehead atoms. The van der Waals surface area contributed by atoms with Crippen LogP contribution in [0.5, 0.6) is 0 Å². The molecule has 0 aliphatic carbocycles. The van der Waals surface area contributed by atoms with E-state index < -0.39 is 10.0 Å². The third kappa shape index (κ3) is 3.78. The molecular weight excluding hydrogens is 356 g/mol. The van der Waals surface area contributed by atoms with Gasteiger partial charge in [-0.1, -0.05) is 13.0 Å². The Morgan fingerprint density at radius 1 is 1.24 bits per heavy atom. The van der Waals surface area contributed by atoms with E-state index in [1.807, 2.05) is 13.0 Å². The molecule has 1 fully saturated rings. The summed E-state index contributed by atoms with van der Waals surface area (Å²) in [6.07, 6.45) is 2.68. The molecule has 1 amide bonds. The van der Waals surface area contributed by atoms with Crippen molar-refractivity contribution in [3.63, 3.8) is 0 Å². The van der Waals surface area contributed by atoms with Gasteiger partial charge >= 0.3 is 0 Å². The van der Waals surface area contributed by atoms with E-state index in [4.69, 9.17) is 0 Å². The number of sulfonamides is 1. The quantitative estimate of drug-likeness (QED) is 0.863. The lowest BCUT2D eigenvalue weighted by molar-refractivity contribution is 0.103. The minimum absolute atomic E-state index is 0.205. The summed E-state index contributed by atoms with van der Waals surface area (Å²) in [5, 5.41) is 2.81. The van der Waals surface area contributed by atoms with Gasteiger partial charge in [0.05, 0.1) is 9.77 Å². The van der Waals surface area contributed by atoms with Gasteiger partial charge in [0.15, 0.2) is 0 Å². The highest BCUT2D eigenvalue weighted by molar-refractivity contribution is 7.89. The summed E-state index contributed by atoms with van der Waals surface area (Å²) in [6, 6.07) is 8.39. The van der Waals surface area contributed by atoms with Crippen molar-refractivity contribution in [2.24, 2.45) is 0 Å². The average molecular weight is 379 g/mol. The summed E-state index contributed by atoms with van der Waals surface area (Å²) in [4.78, 5) is 14.5. The Kier molecular flexibility index (Phi) is 5.27. The highest BCUT2D eigenvalue weighted by Gasteiger charge is 2.27. The molecule has 1 aliphatic heterocycles. The predicted octanol–water partition coefficient (Wildman–Crippen LogP) is 3.66. The fourth-order valence-corrected chi connectivity index (χ4v) is 5.56. The molecule has 1 N–H and O–H groups in total. The monoisotopic (exact) mass is 378 g/mol. The summed E-state index contributed by atoms with van der Waals surface area (Å²) in [5.41, 5.74) is 1.66.